The van der Waals surface area contributed by atoms with Gasteiger partial charge in [-0.05, 0) is 88.9 Å². The molecule has 5 nitrogen and oxygen atoms in total. The molecule has 0 unspecified atom stereocenters. The van der Waals surface area contributed by atoms with Gasteiger partial charge in [0.15, 0.2) is 0 Å². The van der Waals surface area contributed by atoms with Crippen LogP contribution in [0.15, 0.2) is 54.6 Å². The van der Waals surface area contributed by atoms with Crippen molar-refractivity contribution in [2.75, 3.05) is 14.2 Å². The number of aliphatic carboxylic acids is 1. The Hall–Kier alpha value is -3.38. The molecule has 3 aromatic carbocycles. The number of carboxylic acids is 1. The van der Waals surface area contributed by atoms with Crippen molar-refractivity contribution in [3.63, 3.8) is 0 Å². The topological polar surface area (TPSA) is 65.0 Å². The number of aryl methyl sites for hydroxylation is 1. The van der Waals surface area contributed by atoms with E-state index < -0.39 is 5.97 Å². The fraction of sp³-hybridized carbons (Fsp3) is 0.424. The molecule has 0 saturated carbocycles. The van der Waals surface area contributed by atoms with Crippen molar-refractivity contribution in [3.8, 4) is 22.6 Å². The highest BCUT2D eigenvalue weighted by atomic mass is 19.1. The molecule has 0 spiro atoms. The second-order valence-electron chi connectivity index (χ2n) is 11.6. The van der Waals surface area contributed by atoms with Gasteiger partial charge in [0.25, 0.3) is 0 Å². The maximum atomic E-state index is 15.0. The highest BCUT2D eigenvalue weighted by Crippen LogP contribution is 2.46. The van der Waals surface area contributed by atoms with Crippen LogP contribution < -0.4 is 9.47 Å². The molecule has 1 aliphatic rings. The standard InChI is InChI=1S/C33H39FO5/c1-7-33(19-30(35)36)15-14-22-9-10-24(18-28(22)33)39-20-21-8-12-25(26-17-23(37-5)11-13-29(26)34)27(16-21)31(38-6)32(2,3)4/h8-13,16-18,31H,7,14-15,19-20H2,1-6H3,(H,35,36)/t31-,33+/m1/s1. The zero-order chi connectivity index (χ0) is 28.4. The molecular formula is C33H39FO5. The van der Waals surface area contributed by atoms with Crippen LogP contribution in [0.3, 0.4) is 0 Å². The molecule has 0 saturated heterocycles. The van der Waals surface area contributed by atoms with E-state index in [4.69, 9.17) is 14.2 Å². The second kappa shape index (κ2) is 11.4. The van der Waals surface area contributed by atoms with Crippen molar-refractivity contribution < 1.29 is 28.5 Å². The molecule has 0 bridgehead atoms. The summed E-state index contributed by atoms with van der Waals surface area (Å²) in [5.74, 6) is 0.186. The van der Waals surface area contributed by atoms with E-state index >= 15 is 4.39 Å². The molecule has 2 atom stereocenters. The second-order valence-corrected chi connectivity index (χ2v) is 11.6. The number of hydrogen-bond acceptors (Lipinski definition) is 4. The SMILES string of the molecule is CC[C@@]1(CC(=O)O)CCc2ccc(OCc3ccc(-c4cc(OC)ccc4F)c([C@@H](OC)C(C)(C)C)c3)cc21. The Morgan fingerprint density at radius 3 is 2.41 bits per heavy atom. The molecular weight excluding hydrogens is 495 g/mol. The number of ether oxygens (including phenoxy) is 3. The molecule has 0 radical (unpaired) electrons. The summed E-state index contributed by atoms with van der Waals surface area (Å²) in [4.78, 5) is 11.6. The van der Waals surface area contributed by atoms with E-state index in [1.54, 1.807) is 26.4 Å². The molecule has 0 aliphatic heterocycles. The Labute approximate surface area is 230 Å². The molecule has 0 aromatic heterocycles. The minimum atomic E-state index is -0.775. The predicted octanol–water partition coefficient (Wildman–Crippen LogP) is 7.88. The third-order valence-corrected chi connectivity index (χ3v) is 7.98. The molecule has 4 rings (SSSR count). The van der Waals surface area contributed by atoms with Gasteiger partial charge in [0.1, 0.15) is 23.9 Å². The lowest BCUT2D eigenvalue weighted by molar-refractivity contribution is -0.138. The third kappa shape index (κ3) is 5.96. The fourth-order valence-corrected chi connectivity index (χ4v) is 5.95. The summed E-state index contributed by atoms with van der Waals surface area (Å²) in [5, 5.41) is 9.54. The Bertz CT molecular complexity index is 1340. The molecule has 1 N–H and O–H groups in total. The zero-order valence-electron chi connectivity index (χ0n) is 23.8. The molecule has 208 valence electrons. The van der Waals surface area contributed by atoms with Crippen LogP contribution in [0.5, 0.6) is 11.5 Å². The number of halogens is 1. The van der Waals surface area contributed by atoms with Crippen molar-refractivity contribution in [2.24, 2.45) is 5.41 Å². The van der Waals surface area contributed by atoms with E-state index in [-0.39, 0.29) is 29.2 Å². The number of carboxylic acid groups (broad SMARTS) is 1. The predicted molar refractivity (Wildman–Crippen MR) is 151 cm³/mol. The summed E-state index contributed by atoms with van der Waals surface area (Å²) < 4.78 is 32.6. The molecule has 39 heavy (non-hydrogen) atoms. The van der Waals surface area contributed by atoms with Crippen LogP contribution in [0.25, 0.3) is 11.1 Å². The van der Waals surface area contributed by atoms with Crippen molar-refractivity contribution in [2.45, 2.75) is 71.5 Å². The summed E-state index contributed by atoms with van der Waals surface area (Å²) in [7, 11) is 3.24. The average molecular weight is 535 g/mol. The van der Waals surface area contributed by atoms with E-state index in [9.17, 15) is 9.90 Å². The van der Waals surface area contributed by atoms with Gasteiger partial charge in [-0.2, -0.15) is 0 Å². The number of carbonyl (C=O) groups is 1. The Kier molecular flexibility index (Phi) is 8.36. The quantitative estimate of drug-likeness (QED) is 0.287. The fourth-order valence-electron chi connectivity index (χ4n) is 5.95. The monoisotopic (exact) mass is 534 g/mol. The Morgan fingerprint density at radius 1 is 1.03 bits per heavy atom. The van der Waals surface area contributed by atoms with E-state index in [2.05, 4.69) is 33.8 Å². The summed E-state index contributed by atoms with van der Waals surface area (Å²) in [6.45, 7) is 8.65. The largest absolute Gasteiger partial charge is 0.497 e. The molecule has 3 aromatic rings. The van der Waals surface area contributed by atoms with Crippen LogP contribution in [0, 0.1) is 11.2 Å². The smallest absolute Gasteiger partial charge is 0.304 e. The van der Waals surface area contributed by atoms with Gasteiger partial charge in [-0.3, -0.25) is 4.79 Å². The highest BCUT2D eigenvalue weighted by Gasteiger charge is 2.39. The zero-order valence-corrected chi connectivity index (χ0v) is 23.8. The Morgan fingerprint density at radius 2 is 1.77 bits per heavy atom. The molecule has 1 aliphatic carbocycles. The summed E-state index contributed by atoms with van der Waals surface area (Å²) in [6, 6.07) is 16.7. The number of benzene rings is 3. The van der Waals surface area contributed by atoms with Crippen LogP contribution in [0.2, 0.25) is 0 Å². The first kappa shape index (κ1) is 28.6. The van der Waals surface area contributed by atoms with Gasteiger partial charge in [0.05, 0.1) is 19.6 Å². The Balaban J connectivity index is 1.68. The third-order valence-electron chi connectivity index (χ3n) is 7.98. The summed E-state index contributed by atoms with van der Waals surface area (Å²) in [5.41, 5.74) is 4.69. The van der Waals surface area contributed by atoms with Crippen molar-refractivity contribution in [1.29, 1.82) is 0 Å². The van der Waals surface area contributed by atoms with Crippen molar-refractivity contribution in [1.82, 2.24) is 0 Å². The number of rotatable bonds is 10. The first-order valence-electron chi connectivity index (χ1n) is 13.5. The van der Waals surface area contributed by atoms with Crippen LogP contribution in [0.1, 0.15) is 75.3 Å². The van der Waals surface area contributed by atoms with Crippen LogP contribution in [0.4, 0.5) is 4.39 Å². The number of hydrogen-bond donors (Lipinski definition) is 1. The normalized spacial score (nSPS) is 17.5. The maximum absolute atomic E-state index is 15.0. The highest BCUT2D eigenvalue weighted by molar-refractivity contribution is 5.71. The van der Waals surface area contributed by atoms with Gasteiger partial charge in [0, 0.05) is 18.1 Å². The van der Waals surface area contributed by atoms with Gasteiger partial charge in [-0.1, -0.05) is 45.9 Å². The summed E-state index contributed by atoms with van der Waals surface area (Å²) >= 11 is 0. The van der Waals surface area contributed by atoms with E-state index in [0.717, 1.165) is 41.5 Å². The molecule has 0 fully saturated rings. The van der Waals surface area contributed by atoms with Crippen molar-refractivity contribution in [3.05, 3.63) is 82.7 Å². The lowest BCUT2D eigenvalue weighted by atomic mass is 9.76. The van der Waals surface area contributed by atoms with E-state index in [1.165, 1.54) is 11.6 Å². The summed E-state index contributed by atoms with van der Waals surface area (Å²) in [6.07, 6.45) is 2.32. The molecule has 6 heteroatoms. The van der Waals surface area contributed by atoms with Crippen LogP contribution in [-0.2, 0) is 28.0 Å². The minimum absolute atomic E-state index is 0.122. The van der Waals surface area contributed by atoms with E-state index in [1.807, 2.05) is 30.3 Å². The van der Waals surface area contributed by atoms with Gasteiger partial charge in [-0.25, -0.2) is 4.39 Å². The molecule has 0 amide bonds. The van der Waals surface area contributed by atoms with Gasteiger partial charge in [-0.15, -0.1) is 0 Å². The lowest BCUT2D eigenvalue weighted by Gasteiger charge is -2.32. The lowest BCUT2D eigenvalue weighted by Crippen LogP contribution is -2.25. The number of methoxy groups -OCH3 is 2. The van der Waals surface area contributed by atoms with Crippen LogP contribution in [-0.4, -0.2) is 25.3 Å². The maximum Gasteiger partial charge on any atom is 0.304 e. The van der Waals surface area contributed by atoms with Gasteiger partial charge in [0.2, 0.25) is 0 Å². The first-order valence-corrected chi connectivity index (χ1v) is 13.5. The average Bonchev–Trinajstić information content (AvgIpc) is 3.25. The minimum Gasteiger partial charge on any atom is -0.497 e. The van der Waals surface area contributed by atoms with Crippen molar-refractivity contribution >= 4 is 5.97 Å². The van der Waals surface area contributed by atoms with E-state index in [0.29, 0.717) is 23.7 Å². The first-order chi connectivity index (χ1) is 18.5. The van der Waals surface area contributed by atoms with Crippen LogP contribution >= 0.6 is 0 Å². The molecule has 0 heterocycles. The van der Waals surface area contributed by atoms with Gasteiger partial charge >= 0.3 is 5.97 Å². The van der Waals surface area contributed by atoms with Gasteiger partial charge < -0.3 is 19.3 Å². The number of fused-ring (bicyclic) bond motifs is 1.